The van der Waals surface area contributed by atoms with Gasteiger partial charge in [0.2, 0.25) is 0 Å². The number of hydrogen-bond acceptors (Lipinski definition) is 3. The molecule has 0 aromatic rings. The molecule has 6 nitrogen and oxygen atoms in total. The van der Waals surface area contributed by atoms with E-state index in [0.717, 1.165) is 6.54 Å². The summed E-state index contributed by atoms with van der Waals surface area (Å²) in [7, 11) is 3.88. The van der Waals surface area contributed by atoms with Crippen molar-refractivity contribution in [3.05, 3.63) is 0 Å². The summed E-state index contributed by atoms with van der Waals surface area (Å²) >= 11 is 0. The summed E-state index contributed by atoms with van der Waals surface area (Å²) in [5.41, 5.74) is -0.751. The minimum absolute atomic E-state index is 0.159. The number of aliphatic carboxylic acids is 1. The van der Waals surface area contributed by atoms with Crippen LogP contribution in [0.4, 0.5) is 4.79 Å². The molecular weight excluding hydrogens is 234 g/mol. The molecular formula is C12H23N3O3. The number of nitrogens with zero attached hydrogens (tertiary/aromatic N) is 2. The van der Waals surface area contributed by atoms with E-state index in [1.165, 1.54) is 0 Å². The van der Waals surface area contributed by atoms with Gasteiger partial charge in [-0.15, -0.1) is 0 Å². The number of carbonyl (C=O) groups excluding carboxylic acids is 1. The van der Waals surface area contributed by atoms with E-state index in [-0.39, 0.29) is 6.03 Å². The first kappa shape index (κ1) is 14.8. The number of rotatable bonds is 5. The van der Waals surface area contributed by atoms with Gasteiger partial charge in [0.1, 0.15) is 0 Å². The summed E-state index contributed by atoms with van der Waals surface area (Å²) in [6.07, 6.45) is 1.10. The average molecular weight is 257 g/mol. The molecule has 1 heterocycles. The Balaban J connectivity index is 2.46. The molecule has 6 heteroatoms. The maximum absolute atomic E-state index is 11.9. The Kier molecular flexibility index (Phi) is 4.95. The molecule has 18 heavy (non-hydrogen) atoms. The number of likely N-dealkylation sites (tertiary alicyclic amines) is 1. The molecule has 2 N–H and O–H groups in total. The highest BCUT2D eigenvalue weighted by Crippen LogP contribution is 2.34. The SMILES string of the molecule is CCC1(C(=O)O)CCN(C(=O)NCCN(C)C)C1. The highest BCUT2D eigenvalue weighted by molar-refractivity contribution is 5.79. The van der Waals surface area contributed by atoms with Crippen LogP contribution in [0.2, 0.25) is 0 Å². The molecule has 2 amide bonds. The van der Waals surface area contributed by atoms with E-state index < -0.39 is 11.4 Å². The van der Waals surface area contributed by atoms with Gasteiger partial charge < -0.3 is 20.2 Å². The van der Waals surface area contributed by atoms with Gasteiger partial charge in [-0.2, -0.15) is 0 Å². The van der Waals surface area contributed by atoms with Crippen molar-refractivity contribution in [2.75, 3.05) is 40.3 Å². The van der Waals surface area contributed by atoms with Crippen LogP contribution in [0.3, 0.4) is 0 Å². The van der Waals surface area contributed by atoms with E-state index in [9.17, 15) is 14.7 Å². The first-order valence-electron chi connectivity index (χ1n) is 6.32. The highest BCUT2D eigenvalue weighted by atomic mass is 16.4. The molecule has 0 bridgehead atoms. The smallest absolute Gasteiger partial charge is 0.317 e. The van der Waals surface area contributed by atoms with Crippen molar-refractivity contribution >= 4 is 12.0 Å². The van der Waals surface area contributed by atoms with E-state index in [1.54, 1.807) is 4.90 Å². The van der Waals surface area contributed by atoms with E-state index in [1.807, 2.05) is 25.9 Å². The van der Waals surface area contributed by atoms with E-state index in [0.29, 0.717) is 32.5 Å². The Morgan fingerprint density at radius 2 is 2.11 bits per heavy atom. The lowest BCUT2D eigenvalue weighted by Gasteiger charge is -2.23. The van der Waals surface area contributed by atoms with Crippen LogP contribution < -0.4 is 5.32 Å². The van der Waals surface area contributed by atoms with Gasteiger partial charge in [-0.3, -0.25) is 4.79 Å². The van der Waals surface area contributed by atoms with Crippen LogP contribution in [0.1, 0.15) is 19.8 Å². The maximum Gasteiger partial charge on any atom is 0.317 e. The second-order valence-corrected chi connectivity index (χ2v) is 5.15. The third kappa shape index (κ3) is 3.35. The molecule has 1 unspecified atom stereocenters. The lowest BCUT2D eigenvalue weighted by Crippen LogP contribution is -2.43. The van der Waals surface area contributed by atoms with E-state index >= 15 is 0 Å². The van der Waals surface area contributed by atoms with Gasteiger partial charge >= 0.3 is 12.0 Å². The zero-order valence-electron chi connectivity index (χ0n) is 11.4. The van der Waals surface area contributed by atoms with Gasteiger partial charge in [-0.1, -0.05) is 6.92 Å². The first-order valence-corrected chi connectivity index (χ1v) is 6.32. The first-order chi connectivity index (χ1) is 8.41. The fourth-order valence-corrected chi connectivity index (χ4v) is 2.16. The van der Waals surface area contributed by atoms with Crippen molar-refractivity contribution in [2.24, 2.45) is 5.41 Å². The lowest BCUT2D eigenvalue weighted by atomic mass is 9.84. The number of amides is 2. The topological polar surface area (TPSA) is 72.9 Å². The number of hydrogen-bond donors (Lipinski definition) is 2. The quantitative estimate of drug-likeness (QED) is 0.750. The van der Waals surface area contributed by atoms with Crippen molar-refractivity contribution in [1.29, 1.82) is 0 Å². The molecule has 104 valence electrons. The van der Waals surface area contributed by atoms with Crippen LogP contribution >= 0.6 is 0 Å². The predicted octanol–water partition coefficient (Wildman–Crippen LogP) is 0.444. The lowest BCUT2D eigenvalue weighted by molar-refractivity contribution is -0.148. The number of urea groups is 1. The fourth-order valence-electron chi connectivity index (χ4n) is 2.16. The Morgan fingerprint density at radius 3 is 2.56 bits per heavy atom. The normalized spacial score (nSPS) is 23.4. The molecule has 1 aliphatic heterocycles. The predicted molar refractivity (Wildman–Crippen MR) is 68.5 cm³/mol. The highest BCUT2D eigenvalue weighted by Gasteiger charge is 2.44. The zero-order valence-corrected chi connectivity index (χ0v) is 11.4. The molecule has 0 aromatic heterocycles. The van der Waals surface area contributed by atoms with Gasteiger partial charge in [0.25, 0.3) is 0 Å². The fraction of sp³-hybridized carbons (Fsp3) is 0.833. The molecule has 1 atom stereocenters. The Morgan fingerprint density at radius 1 is 1.44 bits per heavy atom. The summed E-state index contributed by atoms with van der Waals surface area (Å²) in [5.74, 6) is -0.798. The zero-order chi connectivity index (χ0) is 13.8. The van der Waals surface area contributed by atoms with Crippen LogP contribution in [0.25, 0.3) is 0 Å². The number of likely N-dealkylation sites (N-methyl/N-ethyl adjacent to an activating group) is 1. The monoisotopic (exact) mass is 257 g/mol. The molecule has 1 saturated heterocycles. The molecule has 1 aliphatic rings. The average Bonchev–Trinajstić information content (AvgIpc) is 2.74. The largest absolute Gasteiger partial charge is 0.481 e. The van der Waals surface area contributed by atoms with Gasteiger partial charge in [0.15, 0.2) is 0 Å². The van der Waals surface area contributed by atoms with E-state index in [2.05, 4.69) is 5.32 Å². The molecule has 0 aromatic carbocycles. The number of carboxylic acids is 1. The molecule has 0 aliphatic carbocycles. The second kappa shape index (κ2) is 6.04. The third-order valence-corrected chi connectivity index (χ3v) is 3.61. The van der Waals surface area contributed by atoms with Gasteiger partial charge in [0.05, 0.1) is 5.41 Å². The minimum atomic E-state index is -0.798. The Hall–Kier alpha value is -1.30. The summed E-state index contributed by atoms with van der Waals surface area (Å²) in [4.78, 5) is 26.7. The summed E-state index contributed by atoms with van der Waals surface area (Å²) < 4.78 is 0. The van der Waals surface area contributed by atoms with E-state index in [4.69, 9.17) is 0 Å². The maximum atomic E-state index is 11.9. The van der Waals surface area contributed by atoms with Gasteiger partial charge in [-0.25, -0.2) is 4.79 Å². The Bertz CT molecular complexity index is 320. The molecule has 0 saturated carbocycles. The van der Waals surface area contributed by atoms with Crippen molar-refractivity contribution < 1.29 is 14.7 Å². The van der Waals surface area contributed by atoms with Crippen molar-refractivity contribution in [1.82, 2.24) is 15.1 Å². The molecule has 1 rings (SSSR count). The minimum Gasteiger partial charge on any atom is -0.481 e. The number of carboxylic acid groups (broad SMARTS) is 1. The number of carbonyl (C=O) groups is 2. The van der Waals surface area contributed by atoms with Crippen LogP contribution in [0, 0.1) is 5.41 Å². The van der Waals surface area contributed by atoms with Crippen molar-refractivity contribution in [3.8, 4) is 0 Å². The summed E-state index contributed by atoms with van der Waals surface area (Å²) in [5, 5.41) is 12.1. The van der Waals surface area contributed by atoms with Crippen molar-refractivity contribution in [3.63, 3.8) is 0 Å². The van der Waals surface area contributed by atoms with Crippen LogP contribution in [-0.2, 0) is 4.79 Å². The summed E-state index contributed by atoms with van der Waals surface area (Å²) in [6, 6.07) is -0.159. The third-order valence-electron chi connectivity index (χ3n) is 3.61. The summed E-state index contributed by atoms with van der Waals surface area (Å²) in [6.45, 7) is 4.05. The van der Waals surface area contributed by atoms with Crippen LogP contribution in [0.15, 0.2) is 0 Å². The molecule has 1 fully saturated rings. The molecule has 0 radical (unpaired) electrons. The van der Waals surface area contributed by atoms with Gasteiger partial charge in [-0.05, 0) is 26.9 Å². The standard InChI is InChI=1S/C12H23N3O3/c1-4-12(10(16)17)5-7-15(9-12)11(18)13-6-8-14(2)3/h4-9H2,1-3H3,(H,13,18)(H,16,17). The van der Waals surface area contributed by atoms with Crippen molar-refractivity contribution in [2.45, 2.75) is 19.8 Å². The molecule has 0 spiro atoms. The second-order valence-electron chi connectivity index (χ2n) is 5.15. The Labute approximate surface area is 108 Å². The van der Waals surface area contributed by atoms with Crippen LogP contribution in [-0.4, -0.2) is 67.2 Å². The van der Waals surface area contributed by atoms with Gasteiger partial charge in [0, 0.05) is 26.2 Å². The number of nitrogens with one attached hydrogen (secondary N) is 1. The van der Waals surface area contributed by atoms with Crippen LogP contribution in [0.5, 0.6) is 0 Å².